The van der Waals surface area contributed by atoms with Crippen LogP contribution in [-0.4, -0.2) is 50.0 Å². The van der Waals surface area contributed by atoms with E-state index in [0.29, 0.717) is 22.2 Å². The van der Waals surface area contributed by atoms with Crippen molar-refractivity contribution in [2.24, 2.45) is 0 Å². The highest BCUT2D eigenvalue weighted by Gasteiger charge is 2.29. The van der Waals surface area contributed by atoms with E-state index in [4.69, 9.17) is 23.2 Å². The molecule has 0 aliphatic rings. The number of rotatable bonds is 13. The molecule has 10 heteroatoms. The molecule has 0 aromatic heterocycles. The smallest absolute Gasteiger partial charge is 0.243 e. The molecule has 0 saturated heterocycles. The van der Waals surface area contributed by atoms with Crippen LogP contribution in [0, 0.1) is 0 Å². The van der Waals surface area contributed by atoms with E-state index in [1.54, 1.807) is 35.2 Å². The van der Waals surface area contributed by atoms with Gasteiger partial charge in [0.1, 0.15) is 6.04 Å². The SMILES string of the molecule is CC[C@@H](C)NC(=O)[C@@H](CC)N(Cc1ccccc1Cl)C(=O)CCCN(c1ccc(Cl)cc1)S(C)(=O)=O. The number of hydrogen-bond donors (Lipinski definition) is 1. The van der Waals surface area contributed by atoms with Crippen molar-refractivity contribution in [2.45, 2.75) is 65.1 Å². The average Bonchev–Trinajstić information content (AvgIpc) is 2.82. The standard InChI is InChI=1S/C26H35Cl2N3O4S/c1-5-19(3)29-26(33)24(6-2)30(18-20-10-7-8-11-23(20)28)25(32)12-9-17-31(36(4,34)35)22-15-13-21(27)14-16-22/h7-8,10-11,13-16,19,24H,5-6,9,12,17-18H2,1-4H3,(H,29,33)/t19-,24-/m1/s1. The Morgan fingerprint density at radius 3 is 2.19 bits per heavy atom. The number of benzene rings is 2. The molecule has 0 spiro atoms. The van der Waals surface area contributed by atoms with Crippen LogP contribution in [-0.2, 0) is 26.2 Å². The van der Waals surface area contributed by atoms with Gasteiger partial charge < -0.3 is 10.2 Å². The van der Waals surface area contributed by atoms with E-state index in [2.05, 4.69) is 5.32 Å². The van der Waals surface area contributed by atoms with Crippen molar-refractivity contribution < 1.29 is 18.0 Å². The van der Waals surface area contributed by atoms with Crippen LogP contribution in [0.3, 0.4) is 0 Å². The van der Waals surface area contributed by atoms with Gasteiger partial charge >= 0.3 is 0 Å². The van der Waals surface area contributed by atoms with Crippen LogP contribution in [0.4, 0.5) is 5.69 Å². The van der Waals surface area contributed by atoms with Crippen LogP contribution in [0.25, 0.3) is 0 Å². The van der Waals surface area contributed by atoms with Gasteiger partial charge in [-0.25, -0.2) is 8.42 Å². The van der Waals surface area contributed by atoms with Gasteiger partial charge in [0.05, 0.1) is 11.9 Å². The summed E-state index contributed by atoms with van der Waals surface area (Å²) in [4.78, 5) is 28.1. The summed E-state index contributed by atoms with van der Waals surface area (Å²) < 4.78 is 26.1. The van der Waals surface area contributed by atoms with Gasteiger partial charge in [0.2, 0.25) is 21.8 Å². The van der Waals surface area contributed by atoms with E-state index in [0.717, 1.165) is 18.2 Å². The normalized spacial score (nSPS) is 13.1. The molecule has 7 nitrogen and oxygen atoms in total. The summed E-state index contributed by atoms with van der Waals surface area (Å²) in [5.74, 6) is -0.461. The number of nitrogens with zero attached hydrogens (tertiary/aromatic N) is 2. The number of amides is 2. The Kier molecular flexibility index (Phi) is 11.5. The van der Waals surface area contributed by atoms with Crippen molar-refractivity contribution in [3.63, 3.8) is 0 Å². The number of anilines is 1. The highest BCUT2D eigenvalue weighted by Crippen LogP contribution is 2.23. The minimum atomic E-state index is -3.57. The van der Waals surface area contributed by atoms with E-state index in [1.807, 2.05) is 39.0 Å². The molecule has 198 valence electrons. The summed E-state index contributed by atoms with van der Waals surface area (Å²) in [5.41, 5.74) is 1.21. The van der Waals surface area contributed by atoms with E-state index < -0.39 is 16.1 Å². The fourth-order valence-electron chi connectivity index (χ4n) is 3.78. The maximum atomic E-state index is 13.4. The number of sulfonamides is 1. The first-order valence-electron chi connectivity index (χ1n) is 12.0. The predicted molar refractivity (Wildman–Crippen MR) is 147 cm³/mol. The topological polar surface area (TPSA) is 86.8 Å². The van der Waals surface area contributed by atoms with Crippen LogP contribution < -0.4 is 9.62 Å². The fourth-order valence-corrected chi connectivity index (χ4v) is 5.07. The number of carbonyl (C=O) groups excluding carboxylic acids is 2. The molecular formula is C26H35Cl2N3O4S. The third-order valence-electron chi connectivity index (χ3n) is 5.95. The maximum absolute atomic E-state index is 13.4. The van der Waals surface area contributed by atoms with Crippen molar-refractivity contribution in [1.29, 1.82) is 0 Å². The minimum Gasteiger partial charge on any atom is -0.352 e. The number of hydrogen-bond acceptors (Lipinski definition) is 4. The van der Waals surface area contributed by atoms with Gasteiger partial charge in [-0.15, -0.1) is 0 Å². The summed E-state index contributed by atoms with van der Waals surface area (Å²) in [7, 11) is -3.57. The molecule has 2 rings (SSSR count). The third-order valence-corrected chi connectivity index (χ3v) is 7.77. The molecule has 2 aromatic carbocycles. The monoisotopic (exact) mass is 555 g/mol. The van der Waals surface area contributed by atoms with Crippen LogP contribution in [0.5, 0.6) is 0 Å². The highest BCUT2D eigenvalue weighted by molar-refractivity contribution is 7.92. The highest BCUT2D eigenvalue weighted by atomic mass is 35.5. The van der Waals surface area contributed by atoms with E-state index in [9.17, 15) is 18.0 Å². The summed E-state index contributed by atoms with van der Waals surface area (Å²) >= 11 is 12.3. The molecule has 2 aromatic rings. The summed E-state index contributed by atoms with van der Waals surface area (Å²) in [5, 5.41) is 3.98. The molecule has 0 saturated carbocycles. The first-order valence-corrected chi connectivity index (χ1v) is 14.6. The molecule has 0 aliphatic carbocycles. The van der Waals surface area contributed by atoms with Crippen LogP contribution in [0.2, 0.25) is 10.0 Å². The van der Waals surface area contributed by atoms with Gasteiger partial charge in [-0.3, -0.25) is 13.9 Å². The van der Waals surface area contributed by atoms with E-state index in [-0.39, 0.29) is 43.8 Å². The Labute approximate surface area is 224 Å². The Morgan fingerprint density at radius 1 is 1.00 bits per heavy atom. The van der Waals surface area contributed by atoms with Crippen LogP contribution in [0.15, 0.2) is 48.5 Å². The van der Waals surface area contributed by atoms with Gasteiger partial charge in [-0.2, -0.15) is 0 Å². The van der Waals surface area contributed by atoms with E-state index in [1.165, 1.54) is 4.31 Å². The van der Waals surface area contributed by atoms with E-state index >= 15 is 0 Å². The second-order valence-electron chi connectivity index (χ2n) is 8.77. The summed E-state index contributed by atoms with van der Waals surface area (Å²) in [6.45, 7) is 6.05. The predicted octanol–water partition coefficient (Wildman–Crippen LogP) is 5.26. The first kappa shape index (κ1) is 29.9. The second-order valence-corrected chi connectivity index (χ2v) is 11.5. The van der Waals surface area contributed by atoms with Crippen LogP contribution in [0.1, 0.15) is 52.0 Å². The zero-order valence-corrected chi connectivity index (χ0v) is 23.5. The van der Waals surface area contributed by atoms with Crippen molar-refractivity contribution in [3.05, 3.63) is 64.1 Å². The summed E-state index contributed by atoms with van der Waals surface area (Å²) in [6.07, 6.45) is 2.67. The zero-order chi connectivity index (χ0) is 26.9. The lowest BCUT2D eigenvalue weighted by atomic mass is 10.1. The Hall–Kier alpha value is -2.29. The van der Waals surface area contributed by atoms with Crippen molar-refractivity contribution >= 4 is 50.7 Å². The van der Waals surface area contributed by atoms with Gasteiger partial charge in [-0.1, -0.05) is 55.2 Å². The Morgan fingerprint density at radius 2 is 1.64 bits per heavy atom. The molecule has 1 N–H and O–H groups in total. The second kappa shape index (κ2) is 13.9. The quantitative estimate of drug-likeness (QED) is 0.365. The lowest BCUT2D eigenvalue weighted by Crippen LogP contribution is -2.50. The van der Waals surface area contributed by atoms with Gasteiger partial charge in [-0.05, 0) is 62.1 Å². The minimum absolute atomic E-state index is 0.0217. The first-order chi connectivity index (χ1) is 17.0. The van der Waals surface area contributed by atoms with Crippen molar-refractivity contribution in [3.8, 4) is 0 Å². The Bertz CT molecular complexity index is 1130. The van der Waals surface area contributed by atoms with Gasteiger partial charge in [0, 0.05) is 35.6 Å². The number of halogens is 2. The zero-order valence-electron chi connectivity index (χ0n) is 21.2. The molecule has 0 aliphatic heterocycles. The van der Waals surface area contributed by atoms with Gasteiger partial charge in [0.15, 0.2) is 0 Å². The fraction of sp³-hybridized carbons (Fsp3) is 0.462. The number of nitrogens with one attached hydrogen (secondary N) is 1. The Balaban J connectivity index is 2.23. The molecule has 0 heterocycles. The van der Waals surface area contributed by atoms with Crippen molar-refractivity contribution in [1.82, 2.24) is 10.2 Å². The molecule has 0 fully saturated rings. The largest absolute Gasteiger partial charge is 0.352 e. The number of carbonyl (C=O) groups is 2. The molecule has 2 amide bonds. The lowest BCUT2D eigenvalue weighted by molar-refractivity contribution is -0.141. The summed E-state index contributed by atoms with van der Waals surface area (Å²) in [6, 6.07) is 13.0. The van der Waals surface area contributed by atoms with Crippen LogP contribution >= 0.6 is 23.2 Å². The average molecular weight is 557 g/mol. The molecule has 2 atom stereocenters. The maximum Gasteiger partial charge on any atom is 0.243 e. The molecule has 0 bridgehead atoms. The molecule has 0 radical (unpaired) electrons. The van der Waals surface area contributed by atoms with Gasteiger partial charge in [0.25, 0.3) is 0 Å². The molecule has 36 heavy (non-hydrogen) atoms. The molecule has 0 unspecified atom stereocenters. The van der Waals surface area contributed by atoms with Crippen molar-refractivity contribution in [2.75, 3.05) is 17.1 Å². The lowest BCUT2D eigenvalue weighted by Gasteiger charge is -2.32. The third kappa shape index (κ3) is 8.68. The molecular weight excluding hydrogens is 521 g/mol.